The van der Waals surface area contributed by atoms with Crippen LogP contribution in [0.5, 0.6) is 0 Å². The number of fused-ring (bicyclic) bond motifs is 2. The summed E-state index contributed by atoms with van der Waals surface area (Å²) in [5.74, 6) is -1.21. The summed E-state index contributed by atoms with van der Waals surface area (Å²) in [7, 11) is 2.04. The third-order valence-electron chi connectivity index (χ3n) is 8.07. The Kier molecular flexibility index (Phi) is 6.76. The van der Waals surface area contributed by atoms with E-state index in [9.17, 15) is 31.5 Å². The average Bonchev–Trinajstić information content (AvgIpc) is 3.61. The fourth-order valence-electron chi connectivity index (χ4n) is 5.92. The van der Waals surface area contributed by atoms with Crippen LogP contribution in [0.2, 0.25) is 0 Å². The molecule has 2 heterocycles. The van der Waals surface area contributed by atoms with Crippen LogP contribution < -0.4 is 16.2 Å². The maximum absolute atomic E-state index is 14.5. The zero-order valence-electron chi connectivity index (χ0n) is 20.3. The van der Waals surface area contributed by atoms with Crippen LogP contribution in [-0.2, 0) is 12.1 Å². The second kappa shape index (κ2) is 9.74. The van der Waals surface area contributed by atoms with Gasteiger partial charge in [-0.2, -0.15) is 0 Å². The fourth-order valence-corrected chi connectivity index (χ4v) is 5.92. The number of nitrogens with one attached hydrogen (secondary N) is 2. The number of pyridine rings is 1. The van der Waals surface area contributed by atoms with Crippen molar-refractivity contribution < 1.29 is 26.7 Å². The fraction of sp³-hybridized carbons (Fsp3) is 0.538. The maximum atomic E-state index is 14.5. The maximum Gasteiger partial charge on any atom is 0.266 e. The van der Waals surface area contributed by atoms with Crippen molar-refractivity contribution in [3.8, 4) is 0 Å². The molecule has 2 aliphatic carbocycles. The van der Waals surface area contributed by atoms with Gasteiger partial charge in [0.25, 0.3) is 24.3 Å². The molecule has 2 unspecified atom stereocenters. The lowest BCUT2D eigenvalue weighted by Crippen LogP contribution is -2.47. The first-order valence-electron chi connectivity index (χ1n) is 12.4. The molecule has 200 valence electrons. The van der Waals surface area contributed by atoms with Gasteiger partial charge in [0.05, 0.1) is 16.8 Å². The predicted molar refractivity (Wildman–Crippen MR) is 128 cm³/mol. The standard InChI is InChI=1S/C26H29F5N4O2/c1-34-11-15-5-6-16(12-34)22(15)33-19-9-20(36)35(26(7-8-26)25(30)31)13-18(19)24(37)32-10-14-3-2-4-17(21(14)27)23(28)29/h2-4,9,13,15-16,22-23,25,33H,5-8,10-12H2,1H3,(H,32,37)/t15-,16?,22?/m0/s1. The molecule has 37 heavy (non-hydrogen) atoms. The van der Waals surface area contributed by atoms with Gasteiger partial charge >= 0.3 is 0 Å². The molecular weight excluding hydrogens is 495 g/mol. The zero-order valence-corrected chi connectivity index (χ0v) is 20.3. The number of rotatable bonds is 8. The van der Waals surface area contributed by atoms with E-state index in [0.29, 0.717) is 11.8 Å². The minimum atomic E-state index is -3.01. The highest BCUT2D eigenvalue weighted by Gasteiger charge is 2.53. The summed E-state index contributed by atoms with van der Waals surface area (Å²) in [5, 5.41) is 5.87. The van der Waals surface area contributed by atoms with E-state index in [1.165, 1.54) is 18.2 Å². The number of carbonyl (C=O) groups is 1. The van der Waals surface area contributed by atoms with E-state index >= 15 is 0 Å². The molecule has 1 aliphatic heterocycles. The van der Waals surface area contributed by atoms with Crippen molar-refractivity contribution in [2.45, 2.75) is 56.7 Å². The van der Waals surface area contributed by atoms with Gasteiger partial charge < -0.3 is 20.1 Å². The van der Waals surface area contributed by atoms with Gasteiger partial charge in [-0.1, -0.05) is 18.2 Å². The molecule has 11 heteroatoms. The number of anilines is 1. The van der Waals surface area contributed by atoms with Gasteiger partial charge in [0.15, 0.2) is 0 Å². The number of aromatic nitrogens is 1. The van der Waals surface area contributed by atoms with Gasteiger partial charge in [-0.25, -0.2) is 22.0 Å². The van der Waals surface area contributed by atoms with Crippen LogP contribution in [-0.4, -0.2) is 48.0 Å². The lowest BCUT2D eigenvalue weighted by atomic mass is 9.92. The van der Waals surface area contributed by atoms with Crippen LogP contribution in [0, 0.1) is 17.7 Å². The number of carbonyl (C=O) groups excluding carboxylic acids is 1. The Balaban J connectivity index is 1.45. The quantitative estimate of drug-likeness (QED) is 0.504. The van der Waals surface area contributed by atoms with Gasteiger partial charge in [-0.3, -0.25) is 9.59 Å². The number of alkyl halides is 4. The first kappa shape index (κ1) is 25.7. The molecule has 6 nitrogen and oxygen atoms in total. The predicted octanol–water partition coefficient (Wildman–Crippen LogP) is 4.36. The van der Waals surface area contributed by atoms with Crippen molar-refractivity contribution in [1.82, 2.24) is 14.8 Å². The lowest BCUT2D eigenvalue weighted by Gasteiger charge is -2.37. The van der Waals surface area contributed by atoms with Crippen LogP contribution >= 0.6 is 0 Å². The molecule has 3 fully saturated rings. The van der Waals surface area contributed by atoms with Gasteiger partial charge in [-0.15, -0.1) is 0 Å². The molecule has 2 N–H and O–H groups in total. The van der Waals surface area contributed by atoms with Crippen LogP contribution in [0.1, 0.15) is 53.6 Å². The Morgan fingerprint density at radius 3 is 2.41 bits per heavy atom. The SMILES string of the molecule is CN1CC2CC[C@@H](C1)C2Nc1cc(=O)n(C2(C(F)F)CC2)cc1C(=O)NCc1cccc(C(F)F)c1F. The first-order valence-corrected chi connectivity index (χ1v) is 12.4. The number of likely N-dealkylation sites (tertiary alicyclic amines) is 1. The summed E-state index contributed by atoms with van der Waals surface area (Å²) in [4.78, 5) is 28.5. The van der Waals surface area contributed by atoms with E-state index in [2.05, 4.69) is 15.5 Å². The third-order valence-corrected chi connectivity index (χ3v) is 8.07. The van der Waals surface area contributed by atoms with Crippen molar-refractivity contribution >= 4 is 11.6 Å². The third kappa shape index (κ3) is 4.73. The molecular formula is C26H29F5N4O2. The molecule has 3 atom stereocenters. The number of amides is 1. The number of hydrogen-bond acceptors (Lipinski definition) is 4. The molecule has 0 spiro atoms. The smallest absolute Gasteiger partial charge is 0.266 e. The Hall–Kier alpha value is -2.95. The van der Waals surface area contributed by atoms with Gasteiger partial charge in [-0.05, 0) is 44.6 Å². The van der Waals surface area contributed by atoms with E-state index in [0.717, 1.165) is 42.8 Å². The van der Waals surface area contributed by atoms with E-state index < -0.39 is 41.2 Å². The summed E-state index contributed by atoms with van der Waals surface area (Å²) >= 11 is 0. The van der Waals surface area contributed by atoms with Crippen molar-refractivity contribution in [3.63, 3.8) is 0 Å². The Labute approximate surface area is 210 Å². The van der Waals surface area contributed by atoms with E-state index in [1.54, 1.807) is 0 Å². The molecule has 1 amide bonds. The normalized spacial score (nSPS) is 24.5. The lowest BCUT2D eigenvalue weighted by molar-refractivity contribution is 0.0648. The molecule has 2 saturated carbocycles. The highest BCUT2D eigenvalue weighted by molar-refractivity contribution is 5.99. The largest absolute Gasteiger partial charge is 0.381 e. The van der Waals surface area contributed by atoms with Crippen LogP contribution in [0.4, 0.5) is 27.6 Å². The Bertz CT molecular complexity index is 1230. The second-order valence-corrected chi connectivity index (χ2v) is 10.5. The number of nitrogens with zero attached hydrogens (tertiary/aromatic N) is 2. The molecule has 2 aromatic rings. The zero-order chi connectivity index (χ0) is 26.5. The van der Waals surface area contributed by atoms with Gasteiger partial charge in [0.2, 0.25) is 0 Å². The topological polar surface area (TPSA) is 66.4 Å². The van der Waals surface area contributed by atoms with Crippen LogP contribution in [0.15, 0.2) is 35.3 Å². The van der Waals surface area contributed by atoms with Crippen LogP contribution in [0.3, 0.4) is 0 Å². The van der Waals surface area contributed by atoms with Crippen LogP contribution in [0.25, 0.3) is 0 Å². The second-order valence-electron chi connectivity index (χ2n) is 10.5. The average molecular weight is 525 g/mol. The number of benzene rings is 1. The minimum Gasteiger partial charge on any atom is -0.381 e. The summed E-state index contributed by atoms with van der Waals surface area (Å²) in [5.41, 5.74) is -2.96. The highest BCUT2D eigenvalue weighted by atomic mass is 19.3. The first-order chi connectivity index (χ1) is 17.6. The van der Waals surface area contributed by atoms with E-state index in [4.69, 9.17) is 0 Å². The van der Waals surface area contributed by atoms with Crippen molar-refractivity contribution in [2.75, 3.05) is 25.5 Å². The van der Waals surface area contributed by atoms with E-state index in [-0.39, 0.29) is 42.2 Å². The Morgan fingerprint density at radius 2 is 1.81 bits per heavy atom. The molecule has 2 bridgehead atoms. The molecule has 0 radical (unpaired) electrons. The van der Waals surface area contributed by atoms with Crippen molar-refractivity contribution in [3.05, 3.63) is 63.3 Å². The molecule has 1 aromatic heterocycles. The molecule has 1 saturated heterocycles. The summed E-state index contributed by atoms with van der Waals surface area (Å²) in [6.07, 6.45) is -2.41. The highest BCUT2D eigenvalue weighted by Crippen LogP contribution is 2.48. The number of piperidine rings is 1. The minimum absolute atomic E-state index is 0.0168. The summed E-state index contributed by atoms with van der Waals surface area (Å²) < 4.78 is 69.2. The van der Waals surface area contributed by atoms with Gasteiger partial charge in [0.1, 0.15) is 11.4 Å². The van der Waals surface area contributed by atoms with Crippen molar-refractivity contribution in [1.29, 1.82) is 0 Å². The monoisotopic (exact) mass is 524 g/mol. The molecule has 5 rings (SSSR count). The molecule has 1 aromatic carbocycles. The van der Waals surface area contributed by atoms with E-state index in [1.807, 2.05) is 7.05 Å². The molecule has 3 aliphatic rings. The summed E-state index contributed by atoms with van der Waals surface area (Å²) in [6, 6.07) is 4.73. The van der Waals surface area contributed by atoms with Gasteiger partial charge in [0, 0.05) is 43.5 Å². The number of hydrogen-bond donors (Lipinski definition) is 2. The number of halogens is 5. The van der Waals surface area contributed by atoms with Crippen molar-refractivity contribution in [2.24, 2.45) is 11.8 Å². The summed E-state index contributed by atoms with van der Waals surface area (Å²) in [6.45, 7) is 1.34. The Morgan fingerprint density at radius 1 is 1.14 bits per heavy atom.